The molecule has 1 aromatic rings. The lowest BCUT2D eigenvalue weighted by atomic mass is 10.1. The van der Waals surface area contributed by atoms with Gasteiger partial charge in [-0.25, -0.2) is 0 Å². The van der Waals surface area contributed by atoms with Crippen molar-refractivity contribution in [1.29, 1.82) is 0 Å². The number of halogens is 1. The van der Waals surface area contributed by atoms with Gasteiger partial charge < -0.3 is 10.2 Å². The fourth-order valence-electron chi connectivity index (χ4n) is 2.50. The Morgan fingerprint density at radius 2 is 2.06 bits per heavy atom. The monoisotopic (exact) mass is 266 g/mol. The van der Waals surface area contributed by atoms with Crippen LogP contribution in [0.2, 0.25) is 5.02 Å². The lowest BCUT2D eigenvalue weighted by molar-refractivity contribution is 0.331. The Balaban J connectivity index is 1.64. The molecule has 0 aliphatic carbocycles. The summed E-state index contributed by atoms with van der Waals surface area (Å²) in [6, 6.07) is 6.12. The molecule has 1 fully saturated rings. The zero-order valence-corrected chi connectivity index (χ0v) is 12.0. The number of hydrogen-bond donors (Lipinski definition) is 1. The van der Waals surface area contributed by atoms with E-state index in [1.54, 1.807) is 0 Å². The first-order valence-corrected chi connectivity index (χ1v) is 7.32. The topological polar surface area (TPSA) is 15.3 Å². The van der Waals surface area contributed by atoms with Crippen LogP contribution < -0.4 is 5.32 Å². The third-order valence-corrected chi connectivity index (χ3v) is 4.13. The van der Waals surface area contributed by atoms with Crippen molar-refractivity contribution in [3.05, 3.63) is 34.3 Å². The van der Waals surface area contributed by atoms with Crippen molar-refractivity contribution in [2.24, 2.45) is 0 Å². The Bertz CT molecular complexity index is 373. The molecule has 0 unspecified atom stereocenters. The third-order valence-electron chi connectivity index (χ3n) is 3.72. The van der Waals surface area contributed by atoms with Crippen LogP contribution in [0.15, 0.2) is 18.2 Å². The summed E-state index contributed by atoms with van der Waals surface area (Å²) in [7, 11) is 0. The van der Waals surface area contributed by atoms with Crippen LogP contribution in [0.4, 0.5) is 0 Å². The van der Waals surface area contributed by atoms with E-state index in [0.29, 0.717) is 0 Å². The first kappa shape index (κ1) is 13.9. The number of hydrogen-bond acceptors (Lipinski definition) is 2. The Kier molecular flexibility index (Phi) is 5.48. The van der Waals surface area contributed by atoms with E-state index in [4.69, 9.17) is 11.6 Å². The summed E-state index contributed by atoms with van der Waals surface area (Å²) in [5.74, 6) is 0. The van der Waals surface area contributed by atoms with Gasteiger partial charge in [0.25, 0.3) is 0 Å². The smallest absolute Gasteiger partial charge is 0.0438 e. The van der Waals surface area contributed by atoms with Gasteiger partial charge >= 0.3 is 0 Å². The number of likely N-dealkylation sites (tertiary alicyclic amines) is 1. The molecule has 0 radical (unpaired) electrons. The highest BCUT2D eigenvalue weighted by molar-refractivity contribution is 6.31. The van der Waals surface area contributed by atoms with Crippen molar-refractivity contribution >= 4 is 11.6 Å². The van der Waals surface area contributed by atoms with Crippen molar-refractivity contribution in [2.45, 2.75) is 32.7 Å². The van der Waals surface area contributed by atoms with Gasteiger partial charge in [-0.2, -0.15) is 0 Å². The number of benzene rings is 1. The van der Waals surface area contributed by atoms with E-state index in [1.807, 2.05) is 12.1 Å². The molecule has 2 rings (SSSR count). The van der Waals surface area contributed by atoms with E-state index in [2.05, 4.69) is 23.2 Å². The normalized spacial score (nSPS) is 16.3. The maximum Gasteiger partial charge on any atom is 0.0438 e. The lowest BCUT2D eigenvalue weighted by Gasteiger charge is -2.14. The summed E-state index contributed by atoms with van der Waals surface area (Å²) in [5.41, 5.74) is 2.51. The van der Waals surface area contributed by atoms with Gasteiger partial charge in [0.2, 0.25) is 0 Å². The highest BCUT2D eigenvalue weighted by atomic mass is 35.5. The standard InChI is InChI=1S/C15H23ClN2/c1-13-14(6-4-7-15(13)16)12-17-8-5-11-18-9-2-3-10-18/h4,6-7,17H,2-3,5,8-12H2,1H3. The molecule has 100 valence electrons. The van der Waals surface area contributed by atoms with Crippen molar-refractivity contribution in [3.8, 4) is 0 Å². The largest absolute Gasteiger partial charge is 0.313 e. The highest BCUT2D eigenvalue weighted by Crippen LogP contribution is 2.18. The average Bonchev–Trinajstić information content (AvgIpc) is 2.87. The van der Waals surface area contributed by atoms with E-state index >= 15 is 0 Å². The first-order chi connectivity index (χ1) is 8.77. The molecular weight excluding hydrogens is 244 g/mol. The summed E-state index contributed by atoms with van der Waals surface area (Å²) in [6.07, 6.45) is 4.00. The Morgan fingerprint density at radius 1 is 1.28 bits per heavy atom. The van der Waals surface area contributed by atoms with Crippen LogP contribution in [0, 0.1) is 6.92 Å². The van der Waals surface area contributed by atoms with E-state index in [1.165, 1.54) is 50.0 Å². The number of rotatable bonds is 6. The summed E-state index contributed by atoms with van der Waals surface area (Å²) >= 11 is 6.11. The van der Waals surface area contributed by atoms with E-state index in [0.717, 1.165) is 18.1 Å². The van der Waals surface area contributed by atoms with Crippen molar-refractivity contribution in [2.75, 3.05) is 26.2 Å². The zero-order chi connectivity index (χ0) is 12.8. The van der Waals surface area contributed by atoms with Crippen LogP contribution in [0.1, 0.15) is 30.4 Å². The summed E-state index contributed by atoms with van der Waals surface area (Å²) in [4.78, 5) is 2.56. The van der Waals surface area contributed by atoms with Crippen molar-refractivity contribution in [3.63, 3.8) is 0 Å². The predicted octanol–water partition coefficient (Wildman–Crippen LogP) is 3.22. The second-order valence-electron chi connectivity index (χ2n) is 5.10. The summed E-state index contributed by atoms with van der Waals surface area (Å²) in [6.45, 7) is 7.93. The molecule has 1 aliphatic heterocycles. The van der Waals surface area contributed by atoms with Gasteiger partial charge in [0, 0.05) is 11.6 Å². The van der Waals surface area contributed by atoms with Gasteiger partial charge in [0.05, 0.1) is 0 Å². The van der Waals surface area contributed by atoms with Gasteiger partial charge in [-0.05, 0) is 69.6 Å². The van der Waals surface area contributed by atoms with Crippen LogP contribution in [-0.4, -0.2) is 31.1 Å². The van der Waals surface area contributed by atoms with Crippen LogP contribution in [-0.2, 0) is 6.54 Å². The van der Waals surface area contributed by atoms with Crippen molar-refractivity contribution < 1.29 is 0 Å². The van der Waals surface area contributed by atoms with Gasteiger partial charge in [-0.3, -0.25) is 0 Å². The third kappa shape index (κ3) is 3.98. The molecule has 0 aromatic heterocycles. The van der Waals surface area contributed by atoms with Gasteiger partial charge in [0.1, 0.15) is 0 Å². The van der Waals surface area contributed by atoms with E-state index in [-0.39, 0.29) is 0 Å². The van der Waals surface area contributed by atoms with E-state index < -0.39 is 0 Å². The minimum absolute atomic E-state index is 0.867. The molecule has 2 nitrogen and oxygen atoms in total. The fraction of sp³-hybridized carbons (Fsp3) is 0.600. The molecule has 0 saturated carbocycles. The minimum atomic E-state index is 0.867. The van der Waals surface area contributed by atoms with Gasteiger partial charge in [-0.15, -0.1) is 0 Å². The molecule has 1 aliphatic rings. The zero-order valence-electron chi connectivity index (χ0n) is 11.2. The van der Waals surface area contributed by atoms with Crippen LogP contribution in [0.3, 0.4) is 0 Å². The molecule has 18 heavy (non-hydrogen) atoms. The van der Waals surface area contributed by atoms with Crippen LogP contribution >= 0.6 is 11.6 Å². The lowest BCUT2D eigenvalue weighted by Crippen LogP contribution is -2.24. The molecular formula is C15H23ClN2. The molecule has 0 atom stereocenters. The predicted molar refractivity (Wildman–Crippen MR) is 78.2 cm³/mol. The molecule has 1 saturated heterocycles. The van der Waals surface area contributed by atoms with Crippen molar-refractivity contribution in [1.82, 2.24) is 10.2 Å². The quantitative estimate of drug-likeness (QED) is 0.796. The van der Waals surface area contributed by atoms with Gasteiger partial charge in [-0.1, -0.05) is 23.7 Å². The van der Waals surface area contributed by atoms with Crippen LogP contribution in [0.25, 0.3) is 0 Å². The molecule has 1 heterocycles. The summed E-state index contributed by atoms with van der Waals surface area (Å²) in [5, 5.41) is 4.38. The van der Waals surface area contributed by atoms with E-state index in [9.17, 15) is 0 Å². The second kappa shape index (κ2) is 7.13. The van der Waals surface area contributed by atoms with Crippen LogP contribution in [0.5, 0.6) is 0 Å². The molecule has 1 N–H and O–H groups in total. The molecule has 1 aromatic carbocycles. The maximum absolute atomic E-state index is 6.11. The summed E-state index contributed by atoms with van der Waals surface area (Å²) < 4.78 is 0. The Morgan fingerprint density at radius 3 is 2.83 bits per heavy atom. The Labute approximate surface area is 115 Å². The first-order valence-electron chi connectivity index (χ1n) is 6.94. The molecule has 0 spiro atoms. The second-order valence-corrected chi connectivity index (χ2v) is 5.51. The van der Waals surface area contributed by atoms with Gasteiger partial charge in [0.15, 0.2) is 0 Å². The Hall–Kier alpha value is -0.570. The molecule has 0 bridgehead atoms. The number of nitrogens with zero attached hydrogens (tertiary/aromatic N) is 1. The average molecular weight is 267 g/mol. The minimum Gasteiger partial charge on any atom is -0.313 e. The number of nitrogens with one attached hydrogen (secondary N) is 1. The fourth-order valence-corrected chi connectivity index (χ4v) is 2.69. The SMILES string of the molecule is Cc1c(Cl)cccc1CNCCCN1CCCC1. The highest BCUT2D eigenvalue weighted by Gasteiger charge is 2.10. The molecule has 3 heteroatoms. The molecule has 0 amide bonds. The maximum atomic E-state index is 6.11.